The summed E-state index contributed by atoms with van der Waals surface area (Å²) in [5.74, 6) is 0.133. The molecule has 0 spiro atoms. The van der Waals surface area contributed by atoms with Gasteiger partial charge in [-0.05, 0) is 38.2 Å². The van der Waals surface area contributed by atoms with E-state index in [1.165, 1.54) is 19.3 Å². The normalized spacial score (nSPS) is 23.7. The number of aryl methyl sites for hydroxylation is 1. The van der Waals surface area contributed by atoms with Crippen LogP contribution in [0.4, 0.5) is 0 Å². The van der Waals surface area contributed by atoms with Gasteiger partial charge in [0.15, 0.2) is 0 Å². The van der Waals surface area contributed by atoms with Gasteiger partial charge in [0.2, 0.25) is 5.88 Å². The summed E-state index contributed by atoms with van der Waals surface area (Å²) in [6, 6.07) is 3.21. The number of aromatic nitrogens is 1. The summed E-state index contributed by atoms with van der Waals surface area (Å²) in [6.45, 7) is 3.89. The van der Waals surface area contributed by atoms with Crippen molar-refractivity contribution in [2.24, 2.45) is 5.92 Å². The first-order valence-electron chi connectivity index (χ1n) is 6.45. The zero-order valence-corrected chi connectivity index (χ0v) is 10.8. The number of ether oxygens (including phenoxy) is 1. The molecule has 0 aromatic carbocycles. The van der Waals surface area contributed by atoms with E-state index in [0.717, 1.165) is 6.42 Å². The van der Waals surface area contributed by atoms with E-state index in [1.807, 2.05) is 0 Å². The van der Waals surface area contributed by atoms with Gasteiger partial charge < -0.3 is 9.84 Å². The van der Waals surface area contributed by atoms with E-state index in [2.05, 4.69) is 11.9 Å². The number of nitrogens with zero attached hydrogens (tertiary/aromatic N) is 1. The summed E-state index contributed by atoms with van der Waals surface area (Å²) in [7, 11) is 0. The topological polar surface area (TPSA) is 59.4 Å². The number of carbonyl (C=O) groups is 1. The number of pyridine rings is 1. The zero-order chi connectivity index (χ0) is 13.1. The maximum Gasteiger partial charge on any atom is 0.337 e. The smallest absolute Gasteiger partial charge is 0.337 e. The van der Waals surface area contributed by atoms with Gasteiger partial charge in [-0.15, -0.1) is 0 Å². The van der Waals surface area contributed by atoms with E-state index in [0.29, 0.717) is 17.5 Å². The standard InChI is InChI=1S/C14H19NO3/c1-9-5-3-4-6-12(9)18-13-8-7-11(14(16)17)10(2)15-13/h7-9,12H,3-6H2,1-2H3,(H,16,17). The van der Waals surface area contributed by atoms with Gasteiger partial charge in [-0.2, -0.15) is 0 Å². The molecule has 2 unspecified atom stereocenters. The van der Waals surface area contributed by atoms with Gasteiger partial charge in [-0.1, -0.05) is 13.3 Å². The third-order valence-corrected chi connectivity index (χ3v) is 3.60. The molecule has 0 bridgehead atoms. The van der Waals surface area contributed by atoms with Crippen LogP contribution in [-0.2, 0) is 0 Å². The van der Waals surface area contributed by atoms with Crippen molar-refractivity contribution >= 4 is 5.97 Å². The molecule has 0 amide bonds. The van der Waals surface area contributed by atoms with Crippen LogP contribution in [0.15, 0.2) is 12.1 Å². The van der Waals surface area contributed by atoms with Crippen LogP contribution in [0.2, 0.25) is 0 Å². The predicted octanol–water partition coefficient (Wildman–Crippen LogP) is 3.05. The van der Waals surface area contributed by atoms with E-state index >= 15 is 0 Å². The minimum absolute atomic E-state index is 0.210. The van der Waals surface area contributed by atoms with E-state index in [1.54, 1.807) is 19.1 Å². The molecule has 1 N–H and O–H groups in total. The molecule has 1 saturated carbocycles. The lowest BCUT2D eigenvalue weighted by Gasteiger charge is -2.28. The van der Waals surface area contributed by atoms with Gasteiger partial charge in [0.25, 0.3) is 0 Å². The van der Waals surface area contributed by atoms with E-state index in [9.17, 15) is 4.79 Å². The minimum Gasteiger partial charge on any atom is -0.478 e. The highest BCUT2D eigenvalue weighted by Gasteiger charge is 2.23. The monoisotopic (exact) mass is 249 g/mol. The van der Waals surface area contributed by atoms with Crippen molar-refractivity contribution in [2.45, 2.75) is 45.6 Å². The Bertz CT molecular complexity index is 445. The lowest BCUT2D eigenvalue weighted by molar-refractivity contribution is 0.0694. The SMILES string of the molecule is Cc1nc(OC2CCCCC2C)ccc1C(=O)O. The highest BCUT2D eigenvalue weighted by molar-refractivity contribution is 5.88. The Morgan fingerprint density at radius 3 is 2.72 bits per heavy atom. The number of hydrogen-bond acceptors (Lipinski definition) is 3. The summed E-state index contributed by atoms with van der Waals surface area (Å²) in [5.41, 5.74) is 0.738. The van der Waals surface area contributed by atoms with Crippen molar-refractivity contribution in [2.75, 3.05) is 0 Å². The molecule has 18 heavy (non-hydrogen) atoms. The highest BCUT2D eigenvalue weighted by atomic mass is 16.5. The predicted molar refractivity (Wildman–Crippen MR) is 68.0 cm³/mol. The maximum atomic E-state index is 10.9. The average molecular weight is 249 g/mol. The molecule has 1 aliphatic carbocycles. The molecule has 0 radical (unpaired) electrons. The Morgan fingerprint density at radius 2 is 2.11 bits per heavy atom. The van der Waals surface area contributed by atoms with Crippen LogP contribution in [0.5, 0.6) is 5.88 Å². The van der Waals surface area contributed by atoms with Gasteiger partial charge in [0.1, 0.15) is 6.10 Å². The molecule has 2 rings (SSSR count). The fourth-order valence-corrected chi connectivity index (χ4v) is 2.44. The van der Waals surface area contributed by atoms with Gasteiger partial charge in [0.05, 0.1) is 11.3 Å². The van der Waals surface area contributed by atoms with Gasteiger partial charge in [-0.25, -0.2) is 9.78 Å². The lowest BCUT2D eigenvalue weighted by Crippen LogP contribution is -2.28. The van der Waals surface area contributed by atoms with Crippen LogP contribution in [0, 0.1) is 12.8 Å². The number of carboxylic acid groups (broad SMARTS) is 1. The second kappa shape index (κ2) is 5.38. The van der Waals surface area contributed by atoms with Gasteiger partial charge in [0, 0.05) is 6.07 Å². The second-order valence-corrected chi connectivity index (χ2v) is 5.01. The number of hydrogen-bond donors (Lipinski definition) is 1. The minimum atomic E-state index is -0.947. The largest absolute Gasteiger partial charge is 0.478 e. The van der Waals surface area contributed by atoms with Gasteiger partial charge >= 0.3 is 5.97 Å². The second-order valence-electron chi connectivity index (χ2n) is 5.01. The molecule has 4 heteroatoms. The van der Waals surface area contributed by atoms with Crippen molar-refractivity contribution in [3.63, 3.8) is 0 Å². The molecule has 1 aliphatic rings. The molecule has 1 aromatic heterocycles. The van der Waals surface area contributed by atoms with Crippen molar-refractivity contribution in [3.05, 3.63) is 23.4 Å². The third kappa shape index (κ3) is 2.81. The van der Waals surface area contributed by atoms with Crippen LogP contribution in [-0.4, -0.2) is 22.2 Å². The highest BCUT2D eigenvalue weighted by Crippen LogP contribution is 2.27. The summed E-state index contributed by atoms with van der Waals surface area (Å²) < 4.78 is 5.88. The molecule has 1 aromatic rings. The molecule has 1 fully saturated rings. The zero-order valence-electron chi connectivity index (χ0n) is 10.8. The maximum absolute atomic E-state index is 10.9. The van der Waals surface area contributed by atoms with Crippen molar-refractivity contribution < 1.29 is 14.6 Å². The fraction of sp³-hybridized carbons (Fsp3) is 0.571. The third-order valence-electron chi connectivity index (χ3n) is 3.60. The first kappa shape index (κ1) is 12.9. The fourth-order valence-electron chi connectivity index (χ4n) is 2.44. The van der Waals surface area contributed by atoms with Crippen LogP contribution in [0.1, 0.15) is 48.7 Å². The lowest BCUT2D eigenvalue weighted by atomic mass is 9.88. The van der Waals surface area contributed by atoms with E-state index < -0.39 is 5.97 Å². The Labute approximate surface area is 107 Å². The van der Waals surface area contributed by atoms with Gasteiger partial charge in [-0.3, -0.25) is 0 Å². The molecule has 0 saturated heterocycles. The number of carboxylic acids is 1. The first-order chi connectivity index (χ1) is 8.58. The molecule has 98 valence electrons. The van der Waals surface area contributed by atoms with Crippen LogP contribution in [0.25, 0.3) is 0 Å². The Hall–Kier alpha value is -1.58. The van der Waals surface area contributed by atoms with E-state index in [-0.39, 0.29) is 11.7 Å². The first-order valence-corrected chi connectivity index (χ1v) is 6.45. The Morgan fingerprint density at radius 1 is 1.39 bits per heavy atom. The average Bonchev–Trinajstić information content (AvgIpc) is 2.32. The van der Waals surface area contributed by atoms with Crippen LogP contribution >= 0.6 is 0 Å². The Kier molecular flexibility index (Phi) is 3.84. The molecular formula is C14H19NO3. The van der Waals surface area contributed by atoms with Crippen LogP contribution in [0.3, 0.4) is 0 Å². The van der Waals surface area contributed by atoms with Crippen LogP contribution < -0.4 is 4.74 Å². The molecule has 1 heterocycles. The van der Waals surface area contributed by atoms with Crippen molar-refractivity contribution in [3.8, 4) is 5.88 Å². The molecule has 2 atom stereocenters. The quantitative estimate of drug-likeness (QED) is 0.894. The number of rotatable bonds is 3. The molecule has 4 nitrogen and oxygen atoms in total. The summed E-state index contributed by atoms with van der Waals surface area (Å²) in [4.78, 5) is 15.1. The molecular weight excluding hydrogens is 230 g/mol. The van der Waals surface area contributed by atoms with E-state index in [4.69, 9.17) is 9.84 Å². The van der Waals surface area contributed by atoms with Crippen molar-refractivity contribution in [1.82, 2.24) is 4.98 Å². The molecule has 0 aliphatic heterocycles. The Balaban J connectivity index is 2.10. The number of aromatic carboxylic acids is 1. The summed E-state index contributed by atoms with van der Waals surface area (Å²) in [6.07, 6.45) is 4.92. The van der Waals surface area contributed by atoms with Crippen molar-refractivity contribution in [1.29, 1.82) is 0 Å². The summed E-state index contributed by atoms with van der Waals surface area (Å²) >= 11 is 0. The summed E-state index contributed by atoms with van der Waals surface area (Å²) in [5, 5.41) is 8.94.